The van der Waals surface area contributed by atoms with Crippen LogP contribution in [0.5, 0.6) is 28.7 Å². The fourth-order valence-corrected chi connectivity index (χ4v) is 3.57. The van der Waals surface area contributed by atoms with Crippen molar-refractivity contribution >= 4 is 29.4 Å². The maximum atomic E-state index is 12.8. The quantitative estimate of drug-likeness (QED) is 0.280. The van der Waals surface area contributed by atoms with Crippen LogP contribution in [0, 0.1) is 0 Å². The lowest BCUT2D eigenvalue weighted by Gasteiger charge is -2.13. The number of hydrogen-bond acceptors (Lipinski definition) is 7. The first kappa shape index (κ1) is 22.2. The Morgan fingerprint density at radius 1 is 0.939 bits per heavy atom. The van der Waals surface area contributed by atoms with E-state index < -0.39 is 5.97 Å². The van der Waals surface area contributed by atoms with Gasteiger partial charge >= 0.3 is 5.97 Å². The molecular weight excluding hydrogens is 448 g/mol. The summed E-state index contributed by atoms with van der Waals surface area (Å²) in [4.78, 5) is 25.2. The van der Waals surface area contributed by atoms with E-state index in [1.165, 1.54) is 33.5 Å². The Kier molecular flexibility index (Phi) is 6.24. The number of methoxy groups -OCH3 is 3. The van der Waals surface area contributed by atoms with Crippen LogP contribution >= 0.6 is 11.6 Å². The molecule has 1 heterocycles. The predicted molar refractivity (Wildman–Crippen MR) is 122 cm³/mol. The zero-order valence-electron chi connectivity index (χ0n) is 18.0. The van der Waals surface area contributed by atoms with Gasteiger partial charge in [-0.05, 0) is 48.0 Å². The van der Waals surface area contributed by atoms with Gasteiger partial charge in [-0.2, -0.15) is 0 Å². The number of esters is 1. The molecule has 0 aromatic heterocycles. The van der Waals surface area contributed by atoms with E-state index in [9.17, 15) is 9.59 Å². The minimum Gasteiger partial charge on any atom is -0.493 e. The molecule has 0 unspecified atom stereocenters. The highest BCUT2D eigenvalue weighted by Crippen LogP contribution is 2.40. The molecule has 0 atom stereocenters. The molecule has 3 aromatic rings. The summed E-state index contributed by atoms with van der Waals surface area (Å²) in [6.45, 7) is 0. The molecule has 0 saturated heterocycles. The van der Waals surface area contributed by atoms with Gasteiger partial charge in [0, 0.05) is 6.07 Å². The van der Waals surface area contributed by atoms with Crippen LogP contribution < -0.4 is 23.7 Å². The summed E-state index contributed by atoms with van der Waals surface area (Å²) in [7, 11) is 4.52. The molecule has 0 N–H and O–H groups in total. The number of hydrogen-bond donors (Lipinski definition) is 0. The molecule has 0 fully saturated rings. The third-order valence-corrected chi connectivity index (χ3v) is 5.26. The van der Waals surface area contributed by atoms with Gasteiger partial charge in [0.25, 0.3) is 0 Å². The Labute approximate surface area is 195 Å². The first-order chi connectivity index (χ1) is 15.9. The fourth-order valence-electron chi connectivity index (χ4n) is 3.36. The Balaban J connectivity index is 1.60. The first-order valence-corrected chi connectivity index (χ1v) is 10.2. The summed E-state index contributed by atoms with van der Waals surface area (Å²) in [5.41, 5.74) is 1.21. The number of carbonyl (C=O) groups is 2. The van der Waals surface area contributed by atoms with Crippen molar-refractivity contribution in [3.63, 3.8) is 0 Å². The van der Waals surface area contributed by atoms with Crippen LogP contribution in [-0.4, -0.2) is 33.1 Å². The second kappa shape index (κ2) is 9.26. The molecule has 0 aliphatic carbocycles. The molecule has 3 aromatic carbocycles. The van der Waals surface area contributed by atoms with E-state index in [-0.39, 0.29) is 33.6 Å². The number of ether oxygens (including phenoxy) is 5. The highest BCUT2D eigenvalue weighted by atomic mass is 35.5. The molecular formula is C25H19ClO7. The summed E-state index contributed by atoms with van der Waals surface area (Å²) in [5.74, 6) is 1.02. The van der Waals surface area contributed by atoms with E-state index in [4.69, 9.17) is 35.3 Å². The van der Waals surface area contributed by atoms with Gasteiger partial charge in [-0.3, -0.25) is 4.79 Å². The molecule has 7 nitrogen and oxygen atoms in total. The average Bonchev–Trinajstić information content (AvgIpc) is 3.12. The Bertz CT molecular complexity index is 1250. The standard InChI is InChI=1S/C25H19ClO7/c1-29-21-11-14(12-22(30-2)24(21)31-3)10-20-23(27)17-9-8-15(13-19(17)33-20)32-25(28)16-6-4-5-7-18(16)26/h4-13H,1-3H3/b20-10-. The summed E-state index contributed by atoms with van der Waals surface area (Å²) in [6.07, 6.45) is 1.57. The lowest BCUT2D eigenvalue weighted by molar-refractivity contribution is 0.0734. The molecule has 0 amide bonds. The highest BCUT2D eigenvalue weighted by Gasteiger charge is 2.28. The van der Waals surface area contributed by atoms with Crippen molar-refractivity contribution < 1.29 is 33.3 Å². The Morgan fingerprint density at radius 3 is 2.27 bits per heavy atom. The summed E-state index contributed by atoms with van der Waals surface area (Å²) >= 11 is 6.05. The van der Waals surface area contributed by atoms with Crippen molar-refractivity contribution in [2.45, 2.75) is 0 Å². The number of allylic oxidation sites excluding steroid dienone is 1. The molecule has 1 aliphatic rings. The molecule has 0 radical (unpaired) electrons. The largest absolute Gasteiger partial charge is 0.493 e. The first-order valence-electron chi connectivity index (χ1n) is 9.80. The number of fused-ring (bicyclic) bond motifs is 1. The molecule has 0 spiro atoms. The van der Waals surface area contributed by atoms with E-state index in [1.807, 2.05) is 0 Å². The van der Waals surface area contributed by atoms with Crippen molar-refractivity contribution in [3.8, 4) is 28.7 Å². The van der Waals surface area contributed by atoms with Gasteiger partial charge in [-0.15, -0.1) is 0 Å². The summed E-state index contributed by atoms with van der Waals surface area (Å²) < 4.78 is 27.2. The molecule has 4 rings (SSSR count). The van der Waals surface area contributed by atoms with E-state index in [0.717, 1.165) is 0 Å². The number of ketones is 1. The molecule has 8 heteroatoms. The second-order valence-corrected chi connectivity index (χ2v) is 7.33. The predicted octanol–water partition coefficient (Wildman–Crippen LogP) is 5.20. The Morgan fingerprint density at radius 2 is 1.64 bits per heavy atom. The van der Waals surface area contributed by atoms with Gasteiger partial charge in [0.05, 0.1) is 37.5 Å². The van der Waals surface area contributed by atoms with Gasteiger partial charge in [-0.1, -0.05) is 23.7 Å². The summed E-state index contributed by atoms with van der Waals surface area (Å²) in [5, 5.41) is 0.283. The topological polar surface area (TPSA) is 80.3 Å². The Hall–Kier alpha value is -3.97. The van der Waals surface area contributed by atoms with Crippen LogP contribution in [0.3, 0.4) is 0 Å². The third-order valence-electron chi connectivity index (χ3n) is 4.93. The van der Waals surface area contributed by atoms with E-state index in [0.29, 0.717) is 28.4 Å². The van der Waals surface area contributed by atoms with Gasteiger partial charge in [-0.25, -0.2) is 4.79 Å². The zero-order valence-corrected chi connectivity index (χ0v) is 18.8. The number of halogens is 1. The van der Waals surface area contributed by atoms with Gasteiger partial charge in [0.15, 0.2) is 17.3 Å². The van der Waals surface area contributed by atoms with Crippen LogP contribution in [0.15, 0.2) is 60.4 Å². The molecule has 0 saturated carbocycles. The normalized spacial score (nSPS) is 13.3. The van der Waals surface area contributed by atoms with Crippen LogP contribution in [-0.2, 0) is 0 Å². The van der Waals surface area contributed by atoms with E-state index in [2.05, 4.69) is 0 Å². The SMILES string of the molecule is COc1cc(/C=C2\Oc3cc(OC(=O)c4ccccc4Cl)ccc3C2=O)cc(OC)c1OC. The third kappa shape index (κ3) is 4.36. The number of Topliss-reactive ketones (excluding diaryl/α,β-unsaturated/α-hetero) is 1. The van der Waals surface area contributed by atoms with Crippen LogP contribution in [0.4, 0.5) is 0 Å². The number of carbonyl (C=O) groups excluding carboxylic acids is 2. The minimum atomic E-state index is -0.613. The van der Waals surface area contributed by atoms with Gasteiger partial charge < -0.3 is 23.7 Å². The van der Waals surface area contributed by atoms with Gasteiger partial charge in [0.2, 0.25) is 11.5 Å². The molecule has 33 heavy (non-hydrogen) atoms. The number of benzene rings is 3. The lowest BCUT2D eigenvalue weighted by Crippen LogP contribution is -2.09. The van der Waals surface area contributed by atoms with Crippen molar-refractivity contribution in [1.29, 1.82) is 0 Å². The van der Waals surface area contributed by atoms with E-state index in [1.54, 1.807) is 48.5 Å². The van der Waals surface area contributed by atoms with Crippen molar-refractivity contribution in [2.24, 2.45) is 0 Å². The van der Waals surface area contributed by atoms with E-state index >= 15 is 0 Å². The monoisotopic (exact) mass is 466 g/mol. The average molecular weight is 467 g/mol. The van der Waals surface area contributed by atoms with Crippen molar-refractivity contribution in [3.05, 3.63) is 82.1 Å². The number of rotatable bonds is 6. The summed E-state index contributed by atoms with van der Waals surface area (Å²) in [6, 6.07) is 14.5. The molecule has 1 aliphatic heterocycles. The smallest absolute Gasteiger partial charge is 0.345 e. The van der Waals surface area contributed by atoms with Crippen molar-refractivity contribution in [1.82, 2.24) is 0 Å². The minimum absolute atomic E-state index is 0.105. The van der Waals surface area contributed by atoms with Gasteiger partial charge in [0.1, 0.15) is 11.5 Å². The highest BCUT2D eigenvalue weighted by molar-refractivity contribution is 6.33. The van der Waals surface area contributed by atoms with Crippen molar-refractivity contribution in [2.75, 3.05) is 21.3 Å². The van der Waals surface area contributed by atoms with Crippen LogP contribution in [0.25, 0.3) is 6.08 Å². The lowest BCUT2D eigenvalue weighted by atomic mass is 10.1. The second-order valence-electron chi connectivity index (χ2n) is 6.93. The molecule has 168 valence electrons. The fraction of sp³-hybridized carbons (Fsp3) is 0.120. The maximum Gasteiger partial charge on any atom is 0.345 e. The molecule has 0 bridgehead atoms. The maximum absolute atomic E-state index is 12.8. The zero-order chi connectivity index (χ0) is 23.5. The van der Waals surface area contributed by atoms with Crippen LogP contribution in [0.1, 0.15) is 26.3 Å². The van der Waals surface area contributed by atoms with Crippen LogP contribution in [0.2, 0.25) is 5.02 Å².